The SMILES string of the molecule is Cc1ccc(CN2CCN(c3ccccc3C#N)CC2)cc1C(=O)N1CCN(c2ncc(F)c(C)n2)CC1. The zero-order valence-electron chi connectivity index (χ0n) is 21.9. The van der Waals surface area contributed by atoms with Gasteiger partial charge in [-0.3, -0.25) is 9.69 Å². The van der Waals surface area contributed by atoms with Crippen molar-refractivity contribution in [3.8, 4) is 6.07 Å². The number of amides is 1. The topological polar surface area (TPSA) is 79.6 Å². The fourth-order valence-electron chi connectivity index (χ4n) is 5.12. The monoisotopic (exact) mass is 513 g/mol. The second-order valence-corrected chi connectivity index (χ2v) is 9.92. The molecule has 1 aromatic heterocycles. The largest absolute Gasteiger partial charge is 0.368 e. The summed E-state index contributed by atoms with van der Waals surface area (Å²) in [5.74, 6) is 0.132. The smallest absolute Gasteiger partial charge is 0.254 e. The van der Waals surface area contributed by atoms with Crippen LogP contribution in [0.15, 0.2) is 48.7 Å². The van der Waals surface area contributed by atoms with E-state index in [0.29, 0.717) is 43.4 Å². The molecule has 0 unspecified atom stereocenters. The van der Waals surface area contributed by atoms with Crippen molar-refractivity contribution >= 4 is 17.5 Å². The van der Waals surface area contributed by atoms with Gasteiger partial charge in [0.25, 0.3) is 5.91 Å². The van der Waals surface area contributed by atoms with Gasteiger partial charge in [-0.25, -0.2) is 14.4 Å². The first-order valence-corrected chi connectivity index (χ1v) is 13.0. The predicted molar refractivity (Wildman–Crippen MR) is 145 cm³/mol. The highest BCUT2D eigenvalue weighted by molar-refractivity contribution is 5.96. The Morgan fingerprint density at radius 1 is 0.974 bits per heavy atom. The van der Waals surface area contributed by atoms with E-state index in [9.17, 15) is 14.4 Å². The fourth-order valence-corrected chi connectivity index (χ4v) is 5.12. The van der Waals surface area contributed by atoms with Crippen molar-refractivity contribution in [2.75, 3.05) is 62.2 Å². The lowest BCUT2D eigenvalue weighted by Gasteiger charge is -2.36. The third-order valence-electron chi connectivity index (χ3n) is 7.43. The number of carbonyl (C=O) groups excluding carboxylic acids is 1. The van der Waals surface area contributed by atoms with E-state index in [1.807, 2.05) is 53.1 Å². The summed E-state index contributed by atoms with van der Waals surface area (Å²) in [4.78, 5) is 30.4. The summed E-state index contributed by atoms with van der Waals surface area (Å²) in [7, 11) is 0. The summed E-state index contributed by atoms with van der Waals surface area (Å²) in [6, 6.07) is 16.2. The molecule has 5 rings (SSSR count). The van der Waals surface area contributed by atoms with Crippen LogP contribution in [0.3, 0.4) is 0 Å². The Bertz CT molecular complexity index is 1360. The normalized spacial score (nSPS) is 16.4. The number of aryl methyl sites for hydroxylation is 2. The minimum Gasteiger partial charge on any atom is -0.368 e. The molecule has 2 saturated heterocycles. The molecule has 2 aromatic carbocycles. The van der Waals surface area contributed by atoms with Crippen LogP contribution in [-0.2, 0) is 6.54 Å². The van der Waals surface area contributed by atoms with Crippen molar-refractivity contribution < 1.29 is 9.18 Å². The van der Waals surface area contributed by atoms with E-state index in [1.54, 1.807) is 6.92 Å². The average Bonchev–Trinajstić information content (AvgIpc) is 2.95. The number of halogens is 1. The van der Waals surface area contributed by atoms with E-state index in [2.05, 4.69) is 31.9 Å². The van der Waals surface area contributed by atoms with Crippen molar-refractivity contribution in [3.05, 3.63) is 82.4 Å². The second kappa shape index (κ2) is 11.2. The molecule has 3 aromatic rings. The first-order valence-electron chi connectivity index (χ1n) is 13.0. The molecular formula is C29H32FN7O. The molecule has 2 aliphatic rings. The maximum absolute atomic E-state index is 13.5. The van der Waals surface area contributed by atoms with Crippen LogP contribution in [0.25, 0.3) is 0 Å². The van der Waals surface area contributed by atoms with Crippen LogP contribution < -0.4 is 9.80 Å². The van der Waals surface area contributed by atoms with Gasteiger partial charge in [0, 0.05) is 64.5 Å². The van der Waals surface area contributed by atoms with Gasteiger partial charge in [-0.15, -0.1) is 0 Å². The lowest BCUT2D eigenvalue weighted by Crippen LogP contribution is -2.49. The number of hydrogen-bond donors (Lipinski definition) is 0. The molecule has 38 heavy (non-hydrogen) atoms. The van der Waals surface area contributed by atoms with Crippen LogP contribution >= 0.6 is 0 Å². The highest BCUT2D eigenvalue weighted by Crippen LogP contribution is 2.23. The molecule has 8 nitrogen and oxygen atoms in total. The lowest BCUT2D eigenvalue weighted by molar-refractivity contribution is 0.0745. The summed E-state index contributed by atoms with van der Waals surface area (Å²) in [5, 5.41) is 9.43. The summed E-state index contributed by atoms with van der Waals surface area (Å²) >= 11 is 0. The van der Waals surface area contributed by atoms with Gasteiger partial charge >= 0.3 is 0 Å². The summed E-state index contributed by atoms with van der Waals surface area (Å²) in [5.41, 5.74) is 4.87. The summed E-state index contributed by atoms with van der Waals surface area (Å²) < 4.78 is 13.5. The molecule has 2 fully saturated rings. The van der Waals surface area contributed by atoms with Gasteiger partial charge < -0.3 is 14.7 Å². The van der Waals surface area contributed by atoms with Gasteiger partial charge in [-0.2, -0.15) is 5.26 Å². The third-order valence-corrected chi connectivity index (χ3v) is 7.43. The Balaban J connectivity index is 1.19. The number of para-hydroxylation sites is 1. The van der Waals surface area contributed by atoms with Crippen LogP contribution in [0.1, 0.15) is 32.7 Å². The molecule has 9 heteroatoms. The molecule has 2 aliphatic heterocycles. The molecular weight excluding hydrogens is 481 g/mol. The number of hydrogen-bond acceptors (Lipinski definition) is 7. The Kier molecular flexibility index (Phi) is 7.52. The molecule has 0 aliphatic carbocycles. The van der Waals surface area contributed by atoms with Gasteiger partial charge in [-0.1, -0.05) is 24.3 Å². The Labute approximate surface area is 222 Å². The van der Waals surface area contributed by atoms with E-state index in [4.69, 9.17) is 0 Å². The van der Waals surface area contributed by atoms with Crippen molar-refractivity contribution in [1.29, 1.82) is 5.26 Å². The van der Waals surface area contributed by atoms with Crippen molar-refractivity contribution in [2.45, 2.75) is 20.4 Å². The second-order valence-electron chi connectivity index (χ2n) is 9.92. The average molecular weight is 514 g/mol. The first kappa shape index (κ1) is 25.6. The van der Waals surface area contributed by atoms with Gasteiger partial charge in [0.1, 0.15) is 6.07 Å². The summed E-state index contributed by atoms with van der Waals surface area (Å²) in [6.45, 7) is 10.2. The number of aromatic nitrogens is 2. The van der Waals surface area contributed by atoms with Crippen LogP contribution in [0.5, 0.6) is 0 Å². The molecule has 0 atom stereocenters. The minimum absolute atomic E-state index is 0.0399. The molecule has 3 heterocycles. The minimum atomic E-state index is -0.413. The zero-order chi connectivity index (χ0) is 26.6. The maximum atomic E-state index is 13.5. The maximum Gasteiger partial charge on any atom is 0.254 e. The number of rotatable bonds is 5. The van der Waals surface area contributed by atoms with Gasteiger partial charge in [-0.05, 0) is 43.2 Å². The van der Waals surface area contributed by atoms with E-state index >= 15 is 0 Å². The Morgan fingerprint density at radius 2 is 1.68 bits per heavy atom. The molecule has 0 saturated carbocycles. The zero-order valence-corrected chi connectivity index (χ0v) is 21.9. The number of benzene rings is 2. The van der Waals surface area contributed by atoms with Gasteiger partial charge in [0.2, 0.25) is 5.95 Å². The third kappa shape index (κ3) is 5.46. The molecule has 0 spiro atoms. The molecule has 1 amide bonds. The quantitative estimate of drug-likeness (QED) is 0.518. The Morgan fingerprint density at radius 3 is 2.39 bits per heavy atom. The van der Waals surface area contributed by atoms with E-state index < -0.39 is 5.82 Å². The van der Waals surface area contributed by atoms with E-state index in [1.165, 1.54) is 6.20 Å². The Hall–Kier alpha value is -4.03. The van der Waals surface area contributed by atoms with Crippen LogP contribution in [-0.4, -0.2) is 78.0 Å². The van der Waals surface area contributed by atoms with Crippen molar-refractivity contribution in [3.63, 3.8) is 0 Å². The standard InChI is InChI=1S/C29H32FN7O/c1-21-7-8-23(20-34-9-11-35(12-10-34)27-6-4-3-5-24(27)18-31)17-25(21)28(38)36-13-15-37(16-14-36)29-32-19-26(30)22(2)33-29/h3-8,17,19H,9-16,20H2,1-2H3. The highest BCUT2D eigenvalue weighted by atomic mass is 19.1. The summed E-state index contributed by atoms with van der Waals surface area (Å²) in [6.07, 6.45) is 1.20. The van der Waals surface area contributed by atoms with E-state index in [-0.39, 0.29) is 5.91 Å². The number of piperazine rings is 2. The number of nitrogens with zero attached hydrogens (tertiary/aromatic N) is 7. The lowest BCUT2D eigenvalue weighted by atomic mass is 10.0. The number of nitriles is 1. The van der Waals surface area contributed by atoms with Crippen molar-refractivity contribution in [2.24, 2.45) is 0 Å². The number of carbonyl (C=O) groups is 1. The van der Waals surface area contributed by atoms with Crippen molar-refractivity contribution in [1.82, 2.24) is 19.8 Å². The van der Waals surface area contributed by atoms with Crippen LogP contribution in [0.4, 0.5) is 16.0 Å². The highest BCUT2D eigenvalue weighted by Gasteiger charge is 2.25. The molecule has 0 bridgehead atoms. The fraction of sp³-hybridized carbons (Fsp3) is 0.379. The van der Waals surface area contributed by atoms with Crippen LogP contribution in [0, 0.1) is 31.0 Å². The molecule has 0 N–H and O–H groups in total. The first-order chi connectivity index (χ1) is 18.4. The van der Waals surface area contributed by atoms with Gasteiger partial charge in [0.15, 0.2) is 5.82 Å². The van der Waals surface area contributed by atoms with Crippen LogP contribution in [0.2, 0.25) is 0 Å². The molecule has 0 radical (unpaired) electrons. The predicted octanol–water partition coefficient (Wildman–Crippen LogP) is 3.39. The van der Waals surface area contributed by atoms with Gasteiger partial charge in [0.05, 0.1) is 23.1 Å². The van der Waals surface area contributed by atoms with E-state index in [0.717, 1.165) is 55.1 Å². The number of anilines is 2. The molecule has 196 valence electrons.